The first-order chi connectivity index (χ1) is 9.07. The van der Waals surface area contributed by atoms with Crippen molar-refractivity contribution in [2.75, 3.05) is 0 Å². The van der Waals surface area contributed by atoms with E-state index in [0.717, 1.165) is 50.1 Å². The topological polar surface area (TPSA) is 50.2 Å². The van der Waals surface area contributed by atoms with Crippen molar-refractivity contribution in [2.24, 2.45) is 11.3 Å². The molecule has 0 spiro atoms. The van der Waals surface area contributed by atoms with Crippen molar-refractivity contribution in [3.63, 3.8) is 0 Å². The highest BCUT2D eigenvalue weighted by atomic mass is 32.1. The Morgan fingerprint density at radius 2 is 2.21 bits per heavy atom. The van der Waals surface area contributed by atoms with Gasteiger partial charge in [0.2, 0.25) is 0 Å². The molecule has 2 rings (SSSR count). The smallest absolute Gasteiger partial charge is 0.309 e. The summed E-state index contributed by atoms with van der Waals surface area (Å²) in [6.07, 6.45) is 6.65. The number of aryl methyl sites for hydroxylation is 2. The Bertz CT molecular complexity index is 433. The molecule has 0 aliphatic heterocycles. The van der Waals surface area contributed by atoms with Gasteiger partial charge in [-0.15, -0.1) is 11.3 Å². The van der Waals surface area contributed by atoms with Gasteiger partial charge in [-0.3, -0.25) is 4.79 Å². The molecule has 1 heterocycles. The van der Waals surface area contributed by atoms with Gasteiger partial charge in [-0.2, -0.15) is 0 Å². The number of hydrogen-bond donors (Lipinski definition) is 1. The van der Waals surface area contributed by atoms with Crippen molar-refractivity contribution in [1.82, 2.24) is 4.98 Å². The highest BCUT2D eigenvalue weighted by Gasteiger charge is 2.41. The fraction of sp³-hybridized carbons (Fsp3) is 0.733. The van der Waals surface area contributed by atoms with Gasteiger partial charge in [0.15, 0.2) is 0 Å². The maximum absolute atomic E-state index is 11.7. The summed E-state index contributed by atoms with van der Waals surface area (Å²) >= 11 is 1.65. The van der Waals surface area contributed by atoms with E-state index in [-0.39, 0.29) is 0 Å². The highest BCUT2D eigenvalue weighted by molar-refractivity contribution is 7.09. The number of aliphatic carboxylic acids is 1. The number of nitrogens with zero attached hydrogens (tertiary/aromatic N) is 1. The Balaban J connectivity index is 2.01. The molecule has 0 unspecified atom stereocenters. The molecule has 1 saturated carbocycles. The van der Waals surface area contributed by atoms with E-state index in [1.807, 2.05) is 12.4 Å². The molecule has 1 N–H and O–H groups in total. The molecule has 4 heteroatoms. The van der Waals surface area contributed by atoms with E-state index in [9.17, 15) is 9.90 Å². The lowest BCUT2D eigenvalue weighted by Gasteiger charge is -2.36. The lowest BCUT2D eigenvalue weighted by atomic mass is 9.67. The first-order valence-corrected chi connectivity index (χ1v) is 8.08. The van der Waals surface area contributed by atoms with Crippen LogP contribution in [0.1, 0.15) is 56.0 Å². The third-order valence-electron chi connectivity index (χ3n) is 4.77. The Morgan fingerprint density at radius 3 is 2.68 bits per heavy atom. The van der Waals surface area contributed by atoms with Crippen LogP contribution in [0.2, 0.25) is 0 Å². The van der Waals surface area contributed by atoms with Gasteiger partial charge in [0.1, 0.15) is 0 Å². The van der Waals surface area contributed by atoms with Crippen LogP contribution >= 0.6 is 11.3 Å². The van der Waals surface area contributed by atoms with E-state index in [0.29, 0.717) is 0 Å². The van der Waals surface area contributed by atoms with Gasteiger partial charge >= 0.3 is 5.97 Å². The maximum atomic E-state index is 11.7. The molecule has 0 saturated heterocycles. The zero-order valence-electron chi connectivity index (χ0n) is 11.8. The standard InChI is InChI=1S/C15H23NO2S/c1-3-12-4-7-15(8-5-12,14(17)18)9-6-13-11(2)16-10-19-13/h10,12H,3-9H2,1-2H3,(H,17,18). The predicted octanol–water partition coefficient (Wildman–Crippen LogP) is 4.06. The normalized spacial score (nSPS) is 27.4. The average molecular weight is 281 g/mol. The Hall–Kier alpha value is -0.900. The minimum absolute atomic E-state index is 0.484. The van der Waals surface area contributed by atoms with E-state index in [1.165, 1.54) is 11.3 Å². The highest BCUT2D eigenvalue weighted by Crippen LogP contribution is 2.43. The molecule has 1 fully saturated rings. The number of carboxylic acid groups (broad SMARTS) is 1. The van der Waals surface area contributed by atoms with Crippen LogP contribution in [0.3, 0.4) is 0 Å². The zero-order chi connectivity index (χ0) is 13.9. The van der Waals surface area contributed by atoms with E-state index in [4.69, 9.17) is 0 Å². The molecule has 19 heavy (non-hydrogen) atoms. The van der Waals surface area contributed by atoms with E-state index < -0.39 is 11.4 Å². The summed E-state index contributed by atoms with van der Waals surface area (Å²) < 4.78 is 0. The third-order valence-corrected chi connectivity index (χ3v) is 5.76. The van der Waals surface area contributed by atoms with Crippen molar-refractivity contribution in [3.8, 4) is 0 Å². The molecule has 0 bridgehead atoms. The third kappa shape index (κ3) is 3.16. The molecule has 0 amide bonds. The van der Waals surface area contributed by atoms with Crippen molar-refractivity contribution in [3.05, 3.63) is 16.1 Å². The Kier molecular flexibility index (Phi) is 4.61. The van der Waals surface area contributed by atoms with Gasteiger partial charge in [-0.25, -0.2) is 4.98 Å². The Labute approximate surface area is 119 Å². The van der Waals surface area contributed by atoms with Gasteiger partial charge in [-0.05, 0) is 51.4 Å². The summed E-state index contributed by atoms with van der Waals surface area (Å²) in [5.74, 6) is 0.141. The van der Waals surface area contributed by atoms with Crippen LogP contribution in [-0.4, -0.2) is 16.1 Å². The fourth-order valence-corrected chi connectivity index (χ4v) is 3.91. The fourth-order valence-electron chi connectivity index (χ4n) is 3.13. The van der Waals surface area contributed by atoms with E-state index in [1.54, 1.807) is 11.3 Å². The lowest BCUT2D eigenvalue weighted by Crippen LogP contribution is -2.35. The zero-order valence-corrected chi connectivity index (χ0v) is 12.6. The second-order valence-electron chi connectivity index (χ2n) is 5.80. The van der Waals surface area contributed by atoms with Crippen LogP contribution < -0.4 is 0 Å². The molecule has 0 aromatic carbocycles. The first-order valence-electron chi connectivity index (χ1n) is 7.20. The second kappa shape index (κ2) is 6.04. The monoisotopic (exact) mass is 281 g/mol. The van der Waals surface area contributed by atoms with Crippen LogP contribution in [0.15, 0.2) is 5.51 Å². The summed E-state index contributed by atoms with van der Waals surface area (Å²) in [6.45, 7) is 4.21. The van der Waals surface area contributed by atoms with E-state index in [2.05, 4.69) is 11.9 Å². The van der Waals surface area contributed by atoms with Crippen molar-refractivity contribution in [1.29, 1.82) is 0 Å². The largest absolute Gasteiger partial charge is 0.481 e. The Morgan fingerprint density at radius 1 is 1.53 bits per heavy atom. The van der Waals surface area contributed by atoms with Gasteiger partial charge in [0.05, 0.1) is 16.6 Å². The molecule has 1 aliphatic rings. The molecule has 1 aromatic rings. The number of thiazole rings is 1. The molecule has 0 radical (unpaired) electrons. The van der Waals surface area contributed by atoms with Gasteiger partial charge < -0.3 is 5.11 Å². The van der Waals surface area contributed by atoms with Crippen molar-refractivity contribution in [2.45, 2.75) is 58.8 Å². The molecular formula is C15H23NO2S. The van der Waals surface area contributed by atoms with Gasteiger partial charge in [-0.1, -0.05) is 13.3 Å². The number of carboxylic acids is 1. The minimum Gasteiger partial charge on any atom is -0.481 e. The number of carbonyl (C=O) groups is 1. The lowest BCUT2D eigenvalue weighted by molar-refractivity contribution is -0.152. The van der Waals surface area contributed by atoms with E-state index >= 15 is 0 Å². The first kappa shape index (κ1) is 14.5. The van der Waals surface area contributed by atoms with Crippen LogP contribution in [-0.2, 0) is 11.2 Å². The summed E-state index contributed by atoms with van der Waals surface area (Å²) in [6, 6.07) is 0. The van der Waals surface area contributed by atoms with Crippen molar-refractivity contribution >= 4 is 17.3 Å². The van der Waals surface area contributed by atoms with Crippen LogP contribution in [0.5, 0.6) is 0 Å². The average Bonchev–Trinajstić information content (AvgIpc) is 2.82. The summed E-state index contributed by atoms with van der Waals surface area (Å²) in [7, 11) is 0. The minimum atomic E-state index is -0.593. The SMILES string of the molecule is CCC1CCC(CCc2scnc2C)(C(=O)O)CC1. The van der Waals surface area contributed by atoms with Crippen LogP contribution in [0, 0.1) is 18.3 Å². The molecule has 3 nitrogen and oxygen atoms in total. The number of hydrogen-bond acceptors (Lipinski definition) is 3. The summed E-state index contributed by atoms with van der Waals surface area (Å²) in [4.78, 5) is 17.2. The molecule has 1 aliphatic carbocycles. The molecule has 0 atom stereocenters. The predicted molar refractivity (Wildman–Crippen MR) is 77.5 cm³/mol. The number of rotatable bonds is 5. The quantitative estimate of drug-likeness (QED) is 0.885. The summed E-state index contributed by atoms with van der Waals surface area (Å²) in [5.41, 5.74) is 2.43. The second-order valence-corrected chi connectivity index (χ2v) is 6.74. The van der Waals surface area contributed by atoms with Crippen molar-refractivity contribution < 1.29 is 9.90 Å². The summed E-state index contributed by atoms with van der Waals surface area (Å²) in [5, 5.41) is 9.63. The molecule has 106 valence electrons. The molecule has 1 aromatic heterocycles. The van der Waals surface area contributed by atoms with Crippen LogP contribution in [0.25, 0.3) is 0 Å². The van der Waals surface area contributed by atoms with Gasteiger partial charge in [0.25, 0.3) is 0 Å². The van der Waals surface area contributed by atoms with Gasteiger partial charge in [0, 0.05) is 4.88 Å². The molecular weight excluding hydrogens is 258 g/mol. The van der Waals surface area contributed by atoms with Crippen LogP contribution in [0.4, 0.5) is 0 Å². The maximum Gasteiger partial charge on any atom is 0.309 e. The number of aromatic nitrogens is 1.